The third kappa shape index (κ3) is 2.96. The molecule has 0 fully saturated rings. The van der Waals surface area contributed by atoms with E-state index in [1.165, 1.54) is 7.11 Å². The van der Waals surface area contributed by atoms with E-state index in [1.54, 1.807) is 18.6 Å². The number of hydrogen-bond donors (Lipinski definition) is 1. The molecule has 1 N–H and O–H groups in total. The third-order valence-corrected chi connectivity index (χ3v) is 3.06. The van der Waals surface area contributed by atoms with Gasteiger partial charge in [0.1, 0.15) is 0 Å². The zero-order valence-corrected chi connectivity index (χ0v) is 11.3. The molecule has 0 radical (unpaired) electrons. The number of carbonyl (C=O) groups excluding carboxylic acids is 1. The van der Waals surface area contributed by atoms with Crippen molar-refractivity contribution in [2.45, 2.75) is 19.9 Å². The molecule has 0 amide bonds. The van der Waals surface area contributed by atoms with Crippen LogP contribution >= 0.6 is 0 Å². The van der Waals surface area contributed by atoms with Gasteiger partial charge in [0.15, 0.2) is 0 Å². The standard InChI is InChI=1S/C15H17NO3/c1-10-8-12(15(17)18-3)4-5-14(10)16-11(2)13-6-7-19-9-13/h4-9,11,16H,1-3H3. The van der Waals surface area contributed by atoms with Crippen molar-refractivity contribution >= 4 is 11.7 Å². The molecule has 4 nitrogen and oxygen atoms in total. The Kier molecular flexibility index (Phi) is 3.90. The van der Waals surface area contributed by atoms with Crippen LogP contribution in [-0.2, 0) is 4.74 Å². The number of anilines is 1. The maximum Gasteiger partial charge on any atom is 0.337 e. The van der Waals surface area contributed by atoms with Gasteiger partial charge in [-0.05, 0) is 43.7 Å². The number of furan rings is 1. The van der Waals surface area contributed by atoms with Crippen molar-refractivity contribution in [1.29, 1.82) is 0 Å². The van der Waals surface area contributed by atoms with Crippen LogP contribution in [0, 0.1) is 6.92 Å². The van der Waals surface area contributed by atoms with Crippen LogP contribution in [0.4, 0.5) is 5.69 Å². The lowest BCUT2D eigenvalue weighted by molar-refractivity contribution is 0.0600. The summed E-state index contributed by atoms with van der Waals surface area (Å²) in [6.45, 7) is 4.01. The van der Waals surface area contributed by atoms with E-state index in [0.717, 1.165) is 16.8 Å². The highest BCUT2D eigenvalue weighted by Crippen LogP contribution is 2.23. The van der Waals surface area contributed by atoms with Crippen LogP contribution in [-0.4, -0.2) is 13.1 Å². The Bertz CT molecular complexity index is 561. The predicted octanol–water partition coefficient (Wildman–Crippen LogP) is 3.55. The summed E-state index contributed by atoms with van der Waals surface area (Å²) in [7, 11) is 1.38. The average Bonchev–Trinajstić information content (AvgIpc) is 2.94. The van der Waals surface area contributed by atoms with E-state index in [9.17, 15) is 4.79 Å². The Morgan fingerprint density at radius 2 is 2.16 bits per heavy atom. The summed E-state index contributed by atoms with van der Waals surface area (Å²) in [5.41, 5.74) is 3.62. The Hall–Kier alpha value is -2.23. The van der Waals surface area contributed by atoms with Crippen LogP contribution in [0.5, 0.6) is 0 Å². The Morgan fingerprint density at radius 1 is 1.37 bits per heavy atom. The van der Waals surface area contributed by atoms with Crippen molar-refractivity contribution in [3.05, 3.63) is 53.5 Å². The maximum absolute atomic E-state index is 11.4. The Labute approximate surface area is 112 Å². The first-order valence-corrected chi connectivity index (χ1v) is 6.09. The van der Waals surface area contributed by atoms with E-state index < -0.39 is 0 Å². The lowest BCUT2D eigenvalue weighted by Crippen LogP contribution is -2.08. The summed E-state index contributed by atoms with van der Waals surface area (Å²) in [5, 5.41) is 3.38. The van der Waals surface area contributed by atoms with E-state index in [2.05, 4.69) is 12.2 Å². The summed E-state index contributed by atoms with van der Waals surface area (Å²) in [6.07, 6.45) is 3.37. The summed E-state index contributed by atoms with van der Waals surface area (Å²) in [5.74, 6) is -0.322. The minimum atomic E-state index is -0.322. The number of esters is 1. The largest absolute Gasteiger partial charge is 0.472 e. The van der Waals surface area contributed by atoms with Crippen LogP contribution < -0.4 is 5.32 Å². The highest BCUT2D eigenvalue weighted by Gasteiger charge is 2.10. The second-order valence-electron chi connectivity index (χ2n) is 4.44. The molecule has 0 aliphatic carbocycles. The molecule has 0 bridgehead atoms. The number of hydrogen-bond acceptors (Lipinski definition) is 4. The summed E-state index contributed by atoms with van der Waals surface area (Å²) < 4.78 is 9.77. The second kappa shape index (κ2) is 5.61. The van der Waals surface area contributed by atoms with Crippen LogP contribution in [0.3, 0.4) is 0 Å². The van der Waals surface area contributed by atoms with E-state index in [1.807, 2.05) is 25.1 Å². The minimum absolute atomic E-state index is 0.140. The number of benzene rings is 1. The summed E-state index contributed by atoms with van der Waals surface area (Å²) >= 11 is 0. The molecule has 0 saturated heterocycles. The van der Waals surface area contributed by atoms with Crippen molar-refractivity contribution in [3.63, 3.8) is 0 Å². The van der Waals surface area contributed by atoms with Gasteiger partial charge in [0.2, 0.25) is 0 Å². The smallest absolute Gasteiger partial charge is 0.337 e. The van der Waals surface area contributed by atoms with E-state index in [0.29, 0.717) is 5.56 Å². The van der Waals surface area contributed by atoms with Gasteiger partial charge < -0.3 is 14.5 Å². The van der Waals surface area contributed by atoms with Crippen LogP contribution in [0.1, 0.15) is 34.5 Å². The number of rotatable bonds is 4. The van der Waals surface area contributed by atoms with Crippen molar-refractivity contribution in [3.8, 4) is 0 Å². The van der Waals surface area contributed by atoms with E-state index in [-0.39, 0.29) is 12.0 Å². The first kappa shape index (κ1) is 13.2. The van der Waals surface area contributed by atoms with Gasteiger partial charge in [0.05, 0.1) is 31.2 Å². The average molecular weight is 259 g/mol. The lowest BCUT2D eigenvalue weighted by atomic mass is 10.1. The van der Waals surface area contributed by atoms with Gasteiger partial charge in [0.25, 0.3) is 0 Å². The SMILES string of the molecule is COC(=O)c1ccc(NC(C)c2ccoc2)c(C)c1. The zero-order valence-electron chi connectivity index (χ0n) is 11.3. The quantitative estimate of drug-likeness (QED) is 0.853. The van der Waals surface area contributed by atoms with Gasteiger partial charge >= 0.3 is 5.97 Å². The molecule has 0 saturated carbocycles. The van der Waals surface area contributed by atoms with Gasteiger partial charge in [-0.3, -0.25) is 0 Å². The van der Waals surface area contributed by atoms with Gasteiger partial charge in [0, 0.05) is 11.3 Å². The van der Waals surface area contributed by atoms with E-state index >= 15 is 0 Å². The van der Waals surface area contributed by atoms with Gasteiger partial charge in [-0.2, -0.15) is 0 Å². The molecule has 1 aromatic heterocycles. The zero-order chi connectivity index (χ0) is 13.8. The molecule has 100 valence electrons. The number of methoxy groups -OCH3 is 1. The molecular formula is C15H17NO3. The molecule has 0 aliphatic heterocycles. The summed E-state index contributed by atoms with van der Waals surface area (Å²) in [6, 6.07) is 7.52. The van der Waals surface area contributed by atoms with Gasteiger partial charge in [-0.25, -0.2) is 4.79 Å². The number of aryl methyl sites for hydroxylation is 1. The topological polar surface area (TPSA) is 51.5 Å². The molecule has 0 aliphatic rings. The number of carbonyl (C=O) groups is 1. The Morgan fingerprint density at radius 3 is 2.74 bits per heavy atom. The minimum Gasteiger partial charge on any atom is -0.472 e. The molecule has 2 rings (SSSR count). The molecule has 1 aromatic carbocycles. The fourth-order valence-corrected chi connectivity index (χ4v) is 1.91. The molecule has 0 spiro atoms. The van der Waals surface area contributed by atoms with Crippen molar-refractivity contribution < 1.29 is 13.9 Å². The van der Waals surface area contributed by atoms with Crippen molar-refractivity contribution in [2.24, 2.45) is 0 Å². The molecule has 1 unspecified atom stereocenters. The fraction of sp³-hybridized carbons (Fsp3) is 0.267. The third-order valence-electron chi connectivity index (χ3n) is 3.06. The monoisotopic (exact) mass is 259 g/mol. The van der Waals surface area contributed by atoms with E-state index in [4.69, 9.17) is 9.15 Å². The fourth-order valence-electron chi connectivity index (χ4n) is 1.91. The molecule has 2 aromatic rings. The summed E-state index contributed by atoms with van der Waals surface area (Å²) in [4.78, 5) is 11.4. The Balaban J connectivity index is 2.15. The van der Waals surface area contributed by atoms with Crippen LogP contribution in [0.2, 0.25) is 0 Å². The molecular weight excluding hydrogens is 242 g/mol. The van der Waals surface area contributed by atoms with Gasteiger partial charge in [-0.1, -0.05) is 0 Å². The molecule has 19 heavy (non-hydrogen) atoms. The van der Waals surface area contributed by atoms with Gasteiger partial charge in [-0.15, -0.1) is 0 Å². The highest BCUT2D eigenvalue weighted by molar-refractivity contribution is 5.90. The molecule has 4 heteroatoms. The second-order valence-corrected chi connectivity index (χ2v) is 4.44. The van der Waals surface area contributed by atoms with Crippen LogP contribution in [0.25, 0.3) is 0 Å². The number of nitrogens with one attached hydrogen (secondary N) is 1. The van der Waals surface area contributed by atoms with Crippen molar-refractivity contribution in [2.75, 3.05) is 12.4 Å². The first-order chi connectivity index (χ1) is 9.11. The highest BCUT2D eigenvalue weighted by atomic mass is 16.5. The molecule has 1 heterocycles. The number of ether oxygens (including phenoxy) is 1. The van der Waals surface area contributed by atoms with Crippen molar-refractivity contribution in [1.82, 2.24) is 0 Å². The lowest BCUT2D eigenvalue weighted by Gasteiger charge is -2.16. The predicted molar refractivity (Wildman–Crippen MR) is 73.3 cm³/mol. The maximum atomic E-state index is 11.4. The molecule has 1 atom stereocenters. The first-order valence-electron chi connectivity index (χ1n) is 6.09. The normalized spacial score (nSPS) is 11.9. The van der Waals surface area contributed by atoms with Crippen LogP contribution in [0.15, 0.2) is 41.2 Å².